The van der Waals surface area contributed by atoms with E-state index in [0.717, 1.165) is 0 Å². The second kappa shape index (κ2) is 4.64. The van der Waals surface area contributed by atoms with Gasteiger partial charge < -0.3 is 10.4 Å². The number of nitrogens with zero attached hydrogens (tertiary/aromatic N) is 2. The fourth-order valence-corrected chi connectivity index (χ4v) is 1.33. The van der Waals surface area contributed by atoms with E-state index in [-0.39, 0.29) is 11.3 Å². The molecule has 1 rings (SSSR count). The maximum absolute atomic E-state index is 12.0. The molecule has 0 aliphatic heterocycles. The lowest BCUT2D eigenvalue weighted by Crippen LogP contribution is -2.34. The third kappa shape index (κ3) is 4.00. The first-order valence-electron chi connectivity index (χ1n) is 4.00. The molecule has 2 N–H and O–H groups in total. The van der Waals surface area contributed by atoms with Crippen LogP contribution in [0.5, 0.6) is 0 Å². The Balaban J connectivity index is 2.57. The van der Waals surface area contributed by atoms with Gasteiger partial charge in [0.05, 0.1) is 6.54 Å². The minimum absolute atomic E-state index is 0.0556. The highest BCUT2D eigenvalue weighted by atomic mass is 32.1. The number of rotatable bonds is 3. The molecule has 0 bridgehead atoms. The second-order valence-electron chi connectivity index (χ2n) is 2.85. The topological polar surface area (TPSA) is 58.0 Å². The molecule has 0 fully saturated rings. The van der Waals surface area contributed by atoms with Crippen molar-refractivity contribution in [3.8, 4) is 0 Å². The molecule has 0 aromatic carbocycles. The average molecular weight is 281 g/mol. The van der Waals surface area contributed by atoms with Gasteiger partial charge in [0.25, 0.3) is 0 Å². The van der Waals surface area contributed by atoms with Crippen LogP contribution in [0.4, 0.5) is 31.5 Å². The number of alkyl halides is 6. The van der Waals surface area contributed by atoms with E-state index in [1.807, 2.05) is 5.32 Å². The maximum atomic E-state index is 12.0. The van der Waals surface area contributed by atoms with Gasteiger partial charge in [-0.15, -0.1) is 10.2 Å². The first kappa shape index (κ1) is 14.0. The van der Waals surface area contributed by atoms with E-state index in [1.54, 1.807) is 0 Å². The third-order valence-corrected chi connectivity index (χ3v) is 2.42. The van der Waals surface area contributed by atoms with Crippen LogP contribution in [0.3, 0.4) is 0 Å². The van der Waals surface area contributed by atoms with Gasteiger partial charge in [0.2, 0.25) is 10.1 Å². The molecule has 0 saturated heterocycles. The summed E-state index contributed by atoms with van der Waals surface area (Å²) in [6.45, 7) is -0.990. The summed E-state index contributed by atoms with van der Waals surface area (Å²) in [4.78, 5) is 0. The first-order valence-corrected chi connectivity index (χ1v) is 4.81. The summed E-state index contributed by atoms with van der Waals surface area (Å²) < 4.78 is 71.7. The lowest BCUT2D eigenvalue weighted by Gasteiger charge is -2.13. The molecule has 1 aromatic heterocycles. The second-order valence-corrected chi connectivity index (χ2v) is 3.83. The van der Waals surface area contributed by atoms with Gasteiger partial charge in [-0.3, -0.25) is 0 Å². The zero-order valence-electron chi connectivity index (χ0n) is 7.80. The van der Waals surface area contributed by atoms with Gasteiger partial charge in [0.1, 0.15) is 0 Å². The lowest BCUT2D eigenvalue weighted by molar-refractivity contribution is -0.198. The van der Waals surface area contributed by atoms with Crippen LogP contribution in [0.25, 0.3) is 0 Å². The molecule has 1 heterocycles. The maximum Gasteiger partial charge on any atom is 0.445 e. The van der Waals surface area contributed by atoms with Crippen LogP contribution in [-0.2, 0) is 6.18 Å². The van der Waals surface area contributed by atoms with Crippen LogP contribution in [-0.4, -0.2) is 34.1 Å². The zero-order valence-corrected chi connectivity index (χ0v) is 8.62. The van der Waals surface area contributed by atoms with Crippen LogP contribution in [0, 0.1) is 0 Å². The summed E-state index contributed by atoms with van der Waals surface area (Å²) in [5, 5.41) is 14.5. The molecule has 4 nitrogen and oxygen atoms in total. The monoisotopic (exact) mass is 281 g/mol. The van der Waals surface area contributed by atoms with Gasteiger partial charge in [-0.05, 0) is 0 Å². The molecule has 1 atom stereocenters. The Kier molecular flexibility index (Phi) is 3.81. The fourth-order valence-electron chi connectivity index (χ4n) is 0.709. The van der Waals surface area contributed by atoms with E-state index in [0.29, 0.717) is 0 Å². The summed E-state index contributed by atoms with van der Waals surface area (Å²) >= 11 is 0.0556. The highest BCUT2D eigenvalue weighted by Crippen LogP contribution is 2.33. The number of nitrogens with one attached hydrogen (secondary N) is 1. The van der Waals surface area contributed by atoms with Crippen molar-refractivity contribution in [2.24, 2.45) is 0 Å². The molecule has 0 amide bonds. The molecule has 0 aliphatic rings. The van der Waals surface area contributed by atoms with Gasteiger partial charge in [-0.2, -0.15) is 26.3 Å². The number of halogens is 6. The molecule has 11 heteroatoms. The Morgan fingerprint density at radius 2 is 1.76 bits per heavy atom. The summed E-state index contributed by atoms with van der Waals surface area (Å²) in [6.07, 6.45) is -12.2. The number of aliphatic hydroxyl groups excluding tert-OH is 1. The van der Waals surface area contributed by atoms with Crippen molar-refractivity contribution in [1.82, 2.24) is 10.2 Å². The molecule has 0 radical (unpaired) electrons. The summed E-state index contributed by atoms with van der Waals surface area (Å²) in [5.41, 5.74) is 0. The lowest BCUT2D eigenvalue weighted by atomic mass is 10.3. The van der Waals surface area contributed by atoms with Crippen molar-refractivity contribution >= 4 is 16.5 Å². The van der Waals surface area contributed by atoms with Crippen LogP contribution in [0.15, 0.2) is 0 Å². The molecular weight excluding hydrogens is 276 g/mol. The summed E-state index contributed by atoms with van der Waals surface area (Å²) in [6, 6.07) is 0. The Hall–Kier alpha value is -1.10. The average Bonchev–Trinajstić information content (AvgIpc) is 2.59. The van der Waals surface area contributed by atoms with Crippen molar-refractivity contribution in [1.29, 1.82) is 0 Å². The molecular formula is C6H5F6N3OS. The number of aromatic nitrogens is 2. The standard InChI is InChI=1S/C6H5F6N3OS/c7-5(8,9)2(16)1-13-4-15-14-3(17-4)6(10,11)12/h2,16H,1H2,(H,13,15). The molecule has 0 saturated carbocycles. The highest BCUT2D eigenvalue weighted by Gasteiger charge is 2.39. The van der Waals surface area contributed by atoms with Crippen LogP contribution < -0.4 is 5.32 Å². The summed E-state index contributed by atoms with van der Waals surface area (Å²) in [7, 11) is 0. The fraction of sp³-hybridized carbons (Fsp3) is 0.667. The Labute approximate surface area is 94.3 Å². The van der Waals surface area contributed by atoms with Crippen molar-refractivity contribution in [2.75, 3.05) is 11.9 Å². The minimum Gasteiger partial charge on any atom is -0.382 e. The Morgan fingerprint density at radius 3 is 2.18 bits per heavy atom. The quantitative estimate of drug-likeness (QED) is 0.831. The van der Waals surface area contributed by atoms with Crippen LogP contribution >= 0.6 is 11.3 Å². The Bertz CT molecular complexity index is 375. The van der Waals surface area contributed by atoms with E-state index in [4.69, 9.17) is 5.11 Å². The van der Waals surface area contributed by atoms with E-state index < -0.39 is 35.1 Å². The van der Waals surface area contributed by atoms with Crippen molar-refractivity contribution in [3.05, 3.63) is 5.01 Å². The van der Waals surface area contributed by atoms with Gasteiger partial charge in [0, 0.05) is 0 Å². The van der Waals surface area contributed by atoms with Gasteiger partial charge in [0.15, 0.2) is 6.10 Å². The largest absolute Gasteiger partial charge is 0.445 e. The van der Waals surface area contributed by atoms with Crippen molar-refractivity contribution in [3.63, 3.8) is 0 Å². The van der Waals surface area contributed by atoms with E-state index in [2.05, 4.69) is 10.2 Å². The number of anilines is 1. The normalized spacial score (nSPS) is 14.8. The number of aliphatic hydroxyl groups is 1. The van der Waals surface area contributed by atoms with E-state index >= 15 is 0 Å². The van der Waals surface area contributed by atoms with Crippen LogP contribution in [0.1, 0.15) is 5.01 Å². The van der Waals surface area contributed by atoms with Gasteiger partial charge in [-0.25, -0.2) is 0 Å². The van der Waals surface area contributed by atoms with E-state index in [1.165, 1.54) is 0 Å². The third-order valence-electron chi connectivity index (χ3n) is 1.49. The molecule has 1 aromatic rings. The van der Waals surface area contributed by atoms with Crippen LogP contribution in [0.2, 0.25) is 0 Å². The smallest absolute Gasteiger partial charge is 0.382 e. The van der Waals surface area contributed by atoms with Crippen molar-refractivity contribution in [2.45, 2.75) is 18.5 Å². The van der Waals surface area contributed by atoms with Crippen molar-refractivity contribution < 1.29 is 31.4 Å². The molecule has 1 unspecified atom stereocenters. The number of hydrogen-bond donors (Lipinski definition) is 2. The molecule has 0 aliphatic carbocycles. The van der Waals surface area contributed by atoms with E-state index in [9.17, 15) is 26.3 Å². The predicted octanol–water partition coefficient (Wildman–Crippen LogP) is 1.89. The highest BCUT2D eigenvalue weighted by molar-refractivity contribution is 7.15. The molecule has 98 valence electrons. The SMILES string of the molecule is OC(CNc1nnc(C(F)(F)F)s1)C(F)(F)F. The molecule has 0 spiro atoms. The predicted molar refractivity (Wildman–Crippen MR) is 45.5 cm³/mol. The first-order chi connectivity index (χ1) is 7.60. The summed E-state index contributed by atoms with van der Waals surface area (Å²) in [5.74, 6) is 0. The zero-order chi connectivity index (χ0) is 13.3. The minimum atomic E-state index is -4.84. The molecule has 17 heavy (non-hydrogen) atoms. The van der Waals surface area contributed by atoms with Gasteiger partial charge in [-0.1, -0.05) is 11.3 Å². The Morgan fingerprint density at radius 1 is 1.18 bits per heavy atom. The van der Waals surface area contributed by atoms with Gasteiger partial charge >= 0.3 is 12.4 Å². The number of hydrogen-bond acceptors (Lipinski definition) is 5.